The molecule has 3 rings (SSSR count). The molecular weight excluding hydrogens is 402 g/mol. The van der Waals surface area contributed by atoms with E-state index in [9.17, 15) is 23.3 Å². The molecule has 2 atom stereocenters. The Morgan fingerprint density at radius 1 is 1.21 bits per heavy atom. The van der Waals surface area contributed by atoms with Gasteiger partial charge in [0, 0.05) is 29.2 Å². The average Bonchev–Trinajstić information content (AvgIpc) is 3.12. The Balaban J connectivity index is 1.75. The van der Waals surface area contributed by atoms with Crippen LogP contribution in [0.4, 0.5) is 10.7 Å². The standard InChI is InChI=1S/C18H21N3O5S2/c1-12-4-3-5-13(2)20(12)28(25,26)16-8-6-15(7-9-16)19-18(22)14-10-17(21(23)24)27-11-14/h6-13H,3-5H2,1-2H3,(H,19,22)/t12-,13-/m1/s1. The van der Waals surface area contributed by atoms with Crippen molar-refractivity contribution in [3.05, 3.63) is 51.4 Å². The number of hydrogen-bond acceptors (Lipinski definition) is 6. The van der Waals surface area contributed by atoms with Gasteiger partial charge >= 0.3 is 5.00 Å². The van der Waals surface area contributed by atoms with E-state index in [2.05, 4.69) is 5.32 Å². The van der Waals surface area contributed by atoms with Crippen LogP contribution in [0.15, 0.2) is 40.6 Å². The molecule has 1 fully saturated rings. The Morgan fingerprint density at radius 3 is 2.36 bits per heavy atom. The normalized spacial score (nSPS) is 20.6. The van der Waals surface area contributed by atoms with Gasteiger partial charge < -0.3 is 5.32 Å². The monoisotopic (exact) mass is 423 g/mol. The Bertz CT molecular complexity index is 975. The van der Waals surface area contributed by atoms with Gasteiger partial charge in [0.2, 0.25) is 10.0 Å². The fraction of sp³-hybridized carbons (Fsp3) is 0.389. The van der Waals surface area contributed by atoms with Gasteiger partial charge in [-0.15, -0.1) is 0 Å². The lowest BCUT2D eigenvalue weighted by molar-refractivity contribution is -0.380. The van der Waals surface area contributed by atoms with Gasteiger partial charge in [-0.25, -0.2) is 8.42 Å². The molecule has 0 spiro atoms. The molecule has 1 aromatic heterocycles. The maximum atomic E-state index is 13.0. The molecule has 150 valence electrons. The van der Waals surface area contributed by atoms with Crippen LogP contribution in [0.5, 0.6) is 0 Å². The number of anilines is 1. The molecule has 28 heavy (non-hydrogen) atoms. The van der Waals surface area contributed by atoms with Crippen molar-refractivity contribution < 1.29 is 18.1 Å². The summed E-state index contributed by atoms with van der Waals surface area (Å²) in [6, 6.07) is 7.07. The number of amides is 1. The summed E-state index contributed by atoms with van der Waals surface area (Å²) in [5.41, 5.74) is 0.599. The van der Waals surface area contributed by atoms with Crippen LogP contribution >= 0.6 is 11.3 Å². The van der Waals surface area contributed by atoms with E-state index in [1.807, 2.05) is 13.8 Å². The number of hydrogen-bond donors (Lipinski definition) is 1. The summed E-state index contributed by atoms with van der Waals surface area (Å²) < 4.78 is 27.6. The fourth-order valence-electron chi connectivity index (χ4n) is 3.45. The van der Waals surface area contributed by atoms with Gasteiger partial charge in [-0.3, -0.25) is 14.9 Å². The van der Waals surface area contributed by atoms with E-state index in [0.717, 1.165) is 30.6 Å². The van der Waals surface area contributed by atoms with Crippen molar-refractivity contribution >= 4 is 38.0 Å². The number of sulfonamides is 1. The molecule has 8 nitrogen and oxygen atoms in total. The van der Waals surface area contributed by atoms with E-state index < -0.39 is 20.9 Å². The quantitative estimate of drug-likeness (QED) is 0.580. The van der Waals surface area contributed by atoms with E-state index in [-0.39, 0.29) is 27.5 Å². The fourth-order valence-corrected chi connectivity index (χ4v) is 6.03. The molecular formula is C18H21N3O5S2. The SMILES string of the molecule is C[C@@H]1CCC[C@@H](C)N1S(=O)(=O)c1ccc(NC(=O)c2csc([N+](=O)[O-])c2)cc1. The lowest BCUT2D eigenvalue weighted by atomic mass is 10.0. The predicted molar refractivity (Wildman–Crippen MR) is 107 cm³/mol. The van der Waals surface area contributed by atoms with Crippen LogP contribution in [0.25, 0.3) is 0 Å². The smallest absolute Gasteiger partial charge is 0.322 e. The maximum Gasteiger partial charge on any atom is 0.324 e. The first-order valence-electron chi connectivity index (χ1n) is 8.88. The van der Waals surface area contributed by atoms with E-state index in [0.29, 0.717) is 5.69 Å². The van der Waals surface area contributed by atoms with Gasteiger partial charge in [0.1, 0.15) is 0 Å². The molecule has 0 aliphatic carbocycles. The molecule has 1 aliphatic heterocycles. The lowest BCUT2D eigenvalue weighted by Gasteiger charge is -2.37. The Morgan fingerprint density at radius 2 is 1.82 bits per heavy atom. The number of benzene rings is 1. The summed E-state index contributed by atoms with van der Waals surface area (Å²) in [6.07, 6.45) is 2.69. The summed E-state index contributed by atoms with van der Waals surface area (Å²) in [7, 11) is -3.62. The first-order valence-corrected chi connectivity index (χ1v) is 11.2. The van der Waals surface area contributed by atoms with E-state index in [4.69, 9.17) is 0 Å². The average molecular weight is 424 g/mol. The number of carbonyl (C=O) groups excluding carboxylic acids is 1. The molecule has 2 aromatic rings. The minimum atomic E-state index is -3.62. The zero-order valence-corrected chi connectivity index (χ0v) is 17.1. The minimum Gasteiger partial charge on any atom is -0.322 e. The highest BCUT2D eigenvalue weighted by molar-refractivity contribution is 7.89. The van der Waals surface area contributed by atoms with Gasteiger partial charge in [-0.05, 0) is 51.0 Å². The van der Waals surface area contributed by atoms with Crippen molar-refractivity contribution in [1.29, 1.82) is 0 Å². The highest BCUT2D eigenvalue weighted by atomic mass is 32.2. The third-order valence-corrected chi connectivity index (χ3v) is 7.85. The summed E-state index contributed by atoms with van der Waals surface area (Å²) in [5.74, 6) is -0.488. The van der Waals surface area contributed by atoms with Crippen molar-refractivity contribution in [2.75, 3.05) is 5.32 Å². The maximum absolute atomic E-state index is 13.0. The first-order chi connectivity index (χ1) is 13.2. The third kappa shape index (κ3) is 4.08. The molecule has 1 amide bonds. The van der Waals surface area contributed by atoms with Crippen molar-refractivity contribution in [3.8, 4) is 0 Å². The Hall–Kier alpha value is -2.30. The summed E-state index contributed by atoms with van der Waals surface area (Å²) >= 11 is 0.874. The molecule has 2 heterocycles. The van der Waals surface area contributed by atoms with Gasteiger partial charge in [0.15, 0.2) is 0 Å². The topological polar surface area (TPSA) is 110 Å². The lowest BCUT2D eigenvalue weighted by Crippen LogP contribution is -2.47. The van der Waals surface area contributed by atoms with Crippen LogP contribution in [0.3, 0.4) is 0 Å². The second-order valence-electron chi connectivity index (χ2n) is 6.87. The van der Waals surface area contributed by atoms with Crippen molar-refractivity contribution in [2.24, 2.45) is 0 Å². The summed E-state index contributed by atoms with van der Waals surface area (Å²) in [4.78, 5) is 22.6. The summed E-state index contributed by atoms with van der Waals surface area (Å²) in [5, 5.41) is 14.6. The number of nitrogens with zero attached hydrogens (tertiary/aromatic N) is 2. The van der Waals surface area contributed by atoms with Gasteiger partial charge in [-0.2, -0.15) is 4.31 Å². The van der Waals surface area contributed by atoms with Gasteiger partial charge in [0.25, 0.3) is 5.91 Å². The zero-order chi connectivity index (χ0) is 20.5. The molecule has 0 unspecified atom stereocenters. The molecule has 0 saturated carbocycles. The van der Waals surface area contributed by atoms with Crippen LogP contribution in [0, 0.1) is 10.1 Å². The van der Waals surface area contributed by atoms with Gasteiger partial charge in [-0.1, -0.05) is 17.8 Å². The summed E-state index contributed by atoms with van der Waals surface area (Å²) in [6.45, 7) is 3.84. The number of thiophene rings is 1. The second kappa shape index (κ2) is 7.98. The molecule has 0 bridgehead atoms. The van der Waals surface area contributed by atoms with Crippen LogP contribution in [-0.2, 0) is 10.0 Å². The number of nitro groups is 1. The second-order valence-corrected chi connectivity index (χ2v) is 9.61. The molecule has 1 aromatic carbocycles. The largest absolute Gasteiger partial charge is 0.324 e. The molecule has 1 aliphatic rings. The van der Waals surface area contributed by atoms with Crippen LogP contribution in [0.1, 0.15) is 43.5 Å². The van der Waals surface area contributed by atoms with Gasteiger partial charge in [0.05, 0.1) is 15.4 Å². The highest BCUT2D eigenvalue weighted by Gasteiger charge is 2.35. The van der Waals surface area contributed by atoms with Crippen LogP contribution in [-0.4, -0.2) is 35.6 Å². The number of rotatable bonds is 5. The molecule has 1 N–H and O–H groups in total. The molecule has 1 saturated heterocycles. The Kier molecular flexibility index (Phi) is 5.82. The van der Waals surface area contributed by atoms with E-state index >= 15 is 0 Å². The third-order valence-electron chi connectivity index (χ3n) is 4.83. The number of carbonyl (C=O) groups is 1. The zero-order valence-electron chi connectivity index (χ0n) is 15.5. The van der Waals surface area contributed by atoms with Crippen molar-refractivity contribution in [1.82, 2.24) is 4.31 Å². The predicted octanol–water partition coefficient (Wildman–Crippen LogP) is 3.86. The minimum absolute atomic E-state index is 0.0532. The van der Waals surface area contributed by atoms with Crippen LogP contribution in [0.2, 0.25) is 0 Å². The highest BCUT2D eigenvalue weighted by Crippen LogP contribution is 2.30. The molecule has 10 heteroatoms. The first kappa shape index (κ1) is 20.4. The number of nitrogens with one attached hydrogen (secondary N) is 1. The van der Waals surface area contributed by atoms with Crippen LogP contribution < -0.4 is 5.32 Å². The van der Waals surface area contributed by atoms with Crippen molar-refractivity contribution in [3.63, 3.8) is 0 Å². The van der Waals surface area contributed by atoms with Crippen molar-refractivity contribution in [2.45, 2.75) is 50.1 Å². The van der Waals surface area contributed by atoms with E-state index in [1.165, 1.54) is 35.7 Å². The molecule has 0 radical (unpaired) electrons. The number of piperidine rings is 1. The Labute approximate surface area is 167 Å². The van der Waals surface area contributed by atoms with E-state index in [1.54, 1.807) is 4.31 Å².